The van der Waals surface area contributed by atoms with Crippen LogP contribution in [0.3, 0.4) is 0 Å². The van der Waals surface area contributed by atoms with E-state index < -0.39 is 0 Å². The van der Waals surface area contributed by atoms with Crippen LogP contribution in [0.4, 0.5) is 0 Å². The van der Waals surface area contributed by atoms with Crippen molar-refractivity contribution in [1.82, 2.24) is 21.5 Å². The first-order chi connectivity index (χ1) is 11.2. The molecule has 1 aromatic rings. The highest BCUT2D eigenvalue weighted by molar-refractivity contribution is 8.00. The lowest BCUT2D eigenvalue weighted by Crippen LogP contribution is -2.43. The first-order valence-corrected chi connectivity index (χ1v) is 9.47. The van der Waals surface area contributed by atoms with Crippen LogP contribution in [-0.4, -0.2) is 28.9 Å². The van der Waals surface area contributed by atoms with Gasteiger partial charge in [-0.2, -0.15) is 0 Å². The summed E-state index contributed by atoms with van der Waals surface area (Å²) in [7, 11) is 0. The summed E-state index contributed by atoms with van der Waals surface area (Å²) >= 11 is 1.66. The van der Waals surface area contributed by atoms with Gasteiger partial charge in [0.15, 0.2) is 0 Å². The molecule has 6 heteroatoms. The molecular weight excluding hydrogens is 308 g/mol. The van der Waals surface area contributed by atoms with Gasteiger partial charge in [0, 0.05) is 23.6 Å². The van der Waals surface area contributed by atoms with Gasteiger partial charge < -0.3 is 10.6 Å². The summed E-state index contributed by atoms with van der Waals surface area (Å²) < 4.78 is 0. The van der Waals surface area contributed by atoms with E-state index in [1.807, 2.05) is 12.1 Å². The van der Waals surface area contributed by atoms with Crippen LogP contribution in [0.2, 0.25) is 0 Å². The Morgan fingerprint density at radius 2 is 2.17 bits per heavy atom. The first kappa shape index (κ1) is 15.4. The van der Waals surface area contributed by atoms with Crippen molar-refractivity contribution in [2.45, 2.75) is 61.5 Å². The minimum Gasteiger partial charge on any atom is -0.327 e. The molecule has 0 radical (unpaired) electrons. The van der Waals surface area contributed by atoms with Gasteiger partial charge in [0.05, 0.1) is 5.37 Å². The molecule has 1 amide bonds. The third kappa shape index (κ3) is 3.55. The SMILES string of the molecule is CC1NNC(NC(=O)c2cccc([C@H]3C[C@@H]3NC3CCC3)c2)S1. The maximum Gasteiger partial charge on any atom is 0.253 e. The van der Waals surface area contributed by atoms with Crippen LogP contribution in [-0.2, 0) is 0 Å². The zero-order valence-corrected chi connectivity index (χ0v) is 14.2. The van der Waals surface area contributed by atoms with E-state index in [9.17, 15) is 4.79 Å². The lowest BCUT2D eigenvalue weighted by Gasteiger charge is -2.26. The van der Waals surface area contributed by atoms with Crippen LogP contribution < -0.4 is 21.5 Å². The minimum absolute atomic E-state index is 0.0168. The van der Waals surface area contributed by atoms with Gasteiger partial charge in [-0.25, -0.2) is 10.9 Å². The monoisotopic (exact) mass is 332 g/mol. The highest BCUT2D eigenvalue weighted by Gasteiger charge is 2.40. The summed E-state index contributed by atoms with van der Waals surface area (Å²) in [5.41, 5.74) is 8.12. The Morgan fingerprint density at radius 3 is 2.87 bits per heavy atom. The van der Waals surface area contributed by atoms with Gasteiger partial charge in [0.2, 0.25) is 0 Å². The Kier molecular flexibility index (Phi) is 4.32. The maximum absolute atomic E-state index is 12.4. The molecule has 0 spiro atoms. The molecule has 3 aliphatic rings. The summed E-state index contributed by atoms with van der Waals surface area (Å²) in [5, 5.41) is 7.04. The second-order valence-electron chi connectivity index (χ2n) is 6.79. The quantitative estimate of drug-likeness (QED) is 0.663. The maximum atomic E-state index is 12.4. The molecule has 1 aromatic carbocycles. The normalized spacial score (nSPS) is 33.3. The Morgan fingerprint density at radius 1 is 1.30 bits per heavy atom. The fraction of sp³-hybridized carbons (Fsp3) is 0.588. The second-order valence-corrected chi connectivity index (χ2v) is 8.24. The minimum atomic E-state index is -0.0740. The number of hydrazine groups is 1. The van der Waals surface area contributed by atoms with Crippen LogP contribution in [0.1, 0.15) is 54.4 Å². The summed E-state index contributed by atoms with van der Waals surface area (Å²) in [4.78, 5) is 12.4. The number of rotatable bonds is 5. The van der Waals surface area contributed by atoms with E-state index >= 15 is 0 Å². The molecule has 0 bridgehead atoms. The van der Waals surface area contributed by atoms with Gasteiger partial charge in [-0.15, -0.1) is 11.8 Å². The van der Waals surface area contributed by atoms with Gasteiger partial charge in [-0.1, -0.05) is 18.6 Å². The predicted octanol–water partition coefficient (Wildman–Crippen LogP) is 1.88. The van der Waals surface area contributed by atoms with Crippen molar-refractivity contribution in [2.75, 3.05) is 0 Å². The molecule has 4 atom stereocenters. The first-order valence-electron chi connectivity index (χ1n) is 8.52. The van der Waals surface area contributed by atoms with Gasteiger partial charge >= 0.3 is 0 Å². The van der Waals surface area contributed by atoms with Crippen LogP contribution in [0.15, 0.2) is 24.3 Å². The van der Waals surface area contributed by atoms with E-state index in [1.165, 1.54) is 31.2 Å². The van der Waals surface area contributed by atoms with Crippen LogP contribution >= 0.6 is 11.8 Å². The molecule has 124 valence electrons. The van der Waals surface area contributed by atoms with Gasteiger partial charge in [0.1, 0.15) is 5.50 Å². The number of hydrogen-bond donors (Lipinski definition) is 4. The molecule has 0 aromatic heterocycles. The van der Waals surface area contributed by atoms with Crippen LogP contribution in [0.25, 0.3) is 0 Å². The van der Waals surface area contributed by atoms with E-state index in [1.54, 1.807) is 11.8 Å². The molecule has 3 fully saturated rings. The van der Waals surface area contributed by atoms with E-state index in [0.717, 1.165) is 11.6 Å². The van der Waals surface area contributed by atoms with Gasteiger partial charge in [-0.05, 0) is 43.9 Å². The zero-order chi connectivity index (χ0) is 15.8. The lowest BCUT2D eigenvalue weighted by atomic mass is 9.93. The standard InChI is InChI=1S/C17H24N4OS/c1-10-20-21-17(23-10)19-16(22)12-5-2-4-11(8-12)14-9-15(14)18-13-6-3-7-13/h2,4-5,8,10,13-15,17-18,20-21H,3,6-7,9H2,1H3,(H,19,22)/t10?,14-,15+,17?/m1/s1. The Bertz CT molecular complexity index is 592. The average molecular weight is 332 g/mol. The molecule has 5 nitrogen and oxygen atoms in total. The summed E-state index contributed by atoms with van der Waals surface area (Å²) in [6.07, 6.45) is 5.21. The number of hydrogen-bond acceptors (Lipinski definition) is 5. The van der Waals surface area contributed by atoms with E-state index in [0.29, 0.717) is 17.3 Å². The van der Waals surface area contributed by atoms with Crippen molar-refractivity contribution >= 4 is 17.7 Å². The molecule has 4 N–H and O–H groups in total. The van der Waals surface area contributed by atoms with E-state index in [-0.39, 0.29) is 11.4 Å². The highest BCUT2D eigenvalue weighted by atomic mass is 32.2. The zero-order valence-electron chi connectivity index (χ0n) is 13.3. The Balaban J connectivity index is 1.35. The predicted molar refractivity (Wildman–Crippen MR) is 92.9 cm³/mol. The van der Waals surface area contributed by atoms with Crippen molar-refractivity contribution in [3.8, 4) is 0 Å². The third-order valence-electron chi connectivity index (χ3n) is 4.94. The van der Waals surface area contributed by atoms with Crippen molar-refractivity contribution in [3.05, 3.63) is 35.4 Å². The molecule has 2 unspecified atom stereocenters. The van der Waals surface area contributed by atoms with E-state index in [4.69, 9.17) is 0 Å². The topological polar surface area (TPSA) is 65.2 Å². The number of amides is 1. The second kappa shape index (κ2) is 6.43. The number of carbonyl (C=O) groups excluding carboxylic acids is 1. The number of carbonyl (C=O) groups is 1. The van der Waals surface area contributed by atoms with Crippen molar-refractivity contribution < 1.29 is 4.79 Å². The average Bonchev–Trinajstić information content (AvgIpc) is 3.17. The molecule has 1 saturated heterocycles. The molecule has 4 rings (SSSR count). The molecule has 2 aliphatic carbocycles. The number of benzene rings is 1. The summed E-state index contributed by atoms with van der Waals surface area (Å²) in [6, 6.07) is 9.44. The Hall–Kier alpha value is -1.08. The largest absolute Gasteiger partial charge is 0.327 e. The van der Waals surface area contributed by atoms with Gasteiger partial charge in [0.25, 0.3) is 5.91 Å². The fourth-order valence-corrected chi connectivity index (χ4v) is 4.13. The Labute approximate surface area is 141 Å². The lowest BCUT2D eigenvalue weighted by molar-refractivity contribution is 0.0944. The fourth-order valence-electron chi connectivity index (χ4n) is 3.27. The van der Waals surface area contributed by atoms with Crippen molar-refractivity contribution in [1.29, 1.82) is 0 Å². The molecule has 2 saturated carbocycles. The van der Waals surface area contributed by atoms with E-state index in [2.05, 4.69) is 40.5 Å². The number of thioether (sulfide) groups is 1. The van der Waals surface area contributed by atoms with Crippen molar-refractivity contribution in [2.24, 2.45) is 0 Å². The summed E-state index contributed by atoms with van der Waals surface area (Å²) in [6.45, 7) is 2.06. The third-order valence-corrected chi connectivity index (χ3v) is 5.98. The van der Waals surface area contributed by atoms with Gasteiger partial charge in [-0.3, -0.25) is 4.79 Å². The van der Waals surface area contributed by atoms with Crippen LogP contribution in [0, 0.1) is 0 Å². The number of nitrogens with one attached hydrogen (secondary N) is 4. The smallest absolute Gasteiger partial charge is 0.253 e. The van der Waals surface area contributed by atoms with Crippen molar-refractivity contribution in [3.63, 3.8) is 0 Å². The molecular formula is C17H24N4OS. The molecule has 23 heavy (non-hydrogen) atoms. The molecule has 1 aliphatic heterocycles. The van der Waals surface area contributed by atoms with Crippen LogP contribution in [0.5, 0.6) is 0 Å². The molecule has 1 heterocycles. The summed E-state index contributed by atoms with van der Waals surface area (Å²) in [5.74, 6) is 0.556. The highest BCUT2D eigenvalue weighted by Crippen LogP contribution is 2.42.